The molecule has 0 amide bonds. The summed E-state index contributed by atoms with van der Waals surface area (Å²) < 4.78 is 12.0. The van der Waals surface area contributed by atoms with Gasteiger partial charge in [0, 0.05) is 70.0 Å². The minimum atomic E-state index is 0.0165. The summed E-state index contributed by atoms with van der Waals surface area (Å²) in [5.74, 6) is 0. The molecule has 6 aromatic carbocycles. The van der Waals surface area contributed by atoms with Gasteiger partial charge in [-0.3, -0.25) is 0 Å². The molecule has 9 aromatic rings. The van der Waals surface area contributed by atoms with Crippen LogP contribution in [0.25, 0.3) is 82.4 Å². The first kappa shape index (κ1) is 23.9. The fraction of sp³-hybridized carbons (Fsp3) is 0.0526. The number of fused-ring (bicyclic) bond motifs is 14. The van der Waals surface area contributed by atoms with Gasteiger partial charge in [0.2, 0.25) is 0 Å². The molecular weight excluding hydrogens is 575 g/mol. The molecule has 0 spiro atoms. The molecule has 0 saturated heterocycles. The van der Waals surface area contributed by atoms with E-state index < -0.39 is 0 Å². The molecule has 3 nitrogen and oxygen atoms in total. The van der Waals surface area contributed by atoms with Crippen molar-refractivity contribution >= 4 is 107 Å². The molecule has 3 aromatic heterocycles. The molecule has 0 saturated carbocycles. The zero-order chi connectivity index (χ0) is 28.8. The van der Waals surface area contributed by atoms with Gasteiger partial charge in [-0.25, -0.2) is 0 Å². The lowest BCUT2D eigenvalue weighted by atomic mass is 9.45. The van der Waals surface area contributed by atoms with Crippen LogP contribution in [0, 0.1) is 0 Å². The Morgan fingerprint density at radius 2 is 1.39 bits per heavy atom. The van der Waals surface area contributed by atoms with Gasteiger partial charge >= 0.3 is 6.85 Å². The molecule has 0 unspecified atom stereocenters. The second-order valence-electron chi connectivity index (χ2n) is 11.9. The number of rotatable bonds is 2. The number of nitrogens with zero attached hydrogens (tertiary/aromatic N) is 2. The van der Waals surface area contributed by atoms with Gasteiger partial charge in [0.05, 0.1) is 11.0 Å². The molecule has 0 radical (unpaired) electrons. The van der Waals surface area contributed by atoms with Gasteiger partial charge in [-0.1, -0.05) is 66.7 Å². The van der Waals surface area contributed by atoms with Gasteiger partial charge in [0.25, 0.3) is 0 Å². The maximum absolute atomic E-state index is 6.82. The fourth-order valence-corrected chi connectivity index (χ4v) is 9.73. The summed E-state index contributed by atoms with van der Waals surface area (Å²) in [5, 5.41) is 7.66. The Labute approximate surface area is 261 Å². The average Bonchev–Trinajstić information content (AvgIpc) is 3.74. The van der Waals surface area contributed by atoms with Crippen LogP contribution in [-0.4, -0.2) is 28.4 Å². The highest BCUT2D eigenvalue weighted by molar-refractivity contribution is 7.99. The van der Waals surface area contributed by atoms with Crippen molar-refractivity contribution < 1.29 is 4.42 Å². The molecule has 5 heterocycles. The number of hydrogen-bond donors (Lipinski definition) is 0. The summed E-state index contributed by atoms with van der Waals surface area (Å²) in [6.45, 7) is 0.0165. The van der Waals surface area contributed by atoms with Crippen molar-refractivity contribution in [2.45, 2.75) is 9.79 Å². The van der Waals surface area contributed by atoms with Crippen LogP contribution in [0.1, 0.15) is 0 Å². The van der Waals surface area contributed by atoms with Crippen LogP contribution in [0.15, 0.2) is 117 Å². The zero-order valence-corrected chi connectivity index (χ0v) is 25.6. The minimum Gasteiger partial charge on any atom is -0.455 e. The third-order valence-corrected chi connectivity index (χ3v) is 11.6. The molecule has 0 bridgehead atoms. The predicted molar refractivity (Wildman–Crippen MR) is 190 cm³/mol. The van der Waals surface area contributed by atoms with E-state index in [1.54, 1.807) is 0 Å². The zero-order valence-electron chi connectivity index (χ0n) is 24.0. The number of thioether (sulfide) groups is 2. The minimum absolute atomic E-state index is 0.0165. The topological polar surface area (TPSA) is 23.0 Å². The first-order chi connectivity index (χ1) is 21.8. The van der Waals surface area contributed by atoms with Crippen LogP contribution in [0.5, 0.6) is 0 Å². The van der Waals surface area contributed by atoms with Crippen LogP contribution < -0.4 is 10.9 Å². The van der Waals surface area contributed by atoms with Crippen LogP contribution in [0.4, 0.5) is 0 Å². The molecule has 6 heteroatoms. The monoisotopic (exact) mass is 598 g/mol. The Morgan fingerprint density at radius 3 is 2.27 bits per heavy atom. The molecule has 2 aliphatic rings. The summed E-state index contributed by atoms with van der Waals surface area (Å²) >= 11 is 3.68. The van der Waals surface area contributed by atoms with Crippen molar-refractivity contribution in [1.29, 1.82) is 0 Å². The van der Waals surface area contributed by atoms with Crippen molar-refractivity contribution in [2.24, 2.45) is 0 Å². The third-order valence-electron chi connectivity index (χ3n) is 10.1. The third kappa shape index (κ3) is 2.60. The average molecular weight is 599 g/mol. The van der Waals surface area contributed by atoms with Crippen LogP contribution in [-0.2, 0) is 0 Å². The lowest BCUT2D eigenvalue weighted by molar-refractivity contribution is 0.670. The van der Waals surface area contributed by atoms with E-state index >= 15 is 0 Å². The number of para-hydroxylation sites is 3. The van der Waals surface area contributed by atoms with Crippen molar-refractivity contribution in [3.05, 3.63) is 103 Å². The van der Waals surface area contributed by atoms with E-state index in [4.69, 9.17) is 4.42 Å². The molecule has 206 valence electrons. The molecule has 0 fully saturated rings. The lowest BCUT2D eigenvalue weighted by Crippen LogP contribution is -2.55. The number of furan rings is 1. The Morgan fingerprint density at radius 1 is 0.636 bits per heavy atom. The van der Waals surface area contributed by atoms with Gasteiger partial charge in [0.15, 0.2) is 0 Å². The Hall–Kier alpha value is -4.52. The first-order valence-electron chi connectivity index (χ1n) is 15.0. The highest BCUT2D eigenvalue weighted by Gasteiger charge is 2.43. The highest BCUT2D eigenvalue weighted by atomic mass is 32.2. The van der Waals surface area contributed by atoms with E-state index in [1.807, 2.05) is 23.5 Å². The van der Waals surface area contributed by atoms with E-state index in [1.165, 1.54) is 86.5 Å². The molecular formula is C38H23BN2OS2. The molecule has 0 aliphatic carbocycles. The maximum atomic E-state index is 6.82. The van der Waals surface area contributed by atoms with E-state index in [9.17, 15) is 0 Å². The summed E-state index contributed by atoms with van der Waals surface area (Å²) in [5.41, 5.74) is 13.5. The van der Waals surface area contributed by atoms with Crippen molar-refractivity contribution in [1.82, 2.24) is 9.05 Å². The normalized spacial score (nSPS) is 13.4. The molecule has 0 atom stereocenters. The highest BCUT2D eigenvalue weighted by Crippen LogP contribution is 2.48. The summed E-state index contributed by atoms with van der Waals surface area (Å²) in [6, 6.07) is 38.2. The predicted octanol–water partition coefficient (Wildman–Crippen LogP) is 9.18. The Bertz CT molecular complexity index is 2770. The second-order valence-corrected chi connectivity index (χ2v) is 13.6. The largest absolute Gasteiger partial charge is 0.455 e. The van der Waals surface area contributed by atoms with Crippen LogP contribution in [0.2, 0.25) is 0 Å². The van der Waals surface area contributed by atoms with Gasteiger partial charge in [-0.15, -0.1) is 23.5 Å². The van der Waals surface area contributed by atoms with E-state index in [0.29, 0.717) is 0 Å². The summed E-state index contributed by atoms with van der Waals surface area (Å²) in [6.07, 6.45) is 4.40. The summed E-state index contributed by atoms with van der Waals surface area (Å²) in [4.78, 5) is 2.65. The smallest absolute Gasteiger partial charge is 0.333 e. The Balaban J connectivity index is 1.48. The van der Waals surface area contributed by atoms with E-state index in [-0.39, 0.29) is 6.85 Å². The van der Waals surface area contributed by atoms with Gasteiger partial charge in [-0.2, -0.15) is 0 Å². The van der Waals surface area contributed by atoms with Crippen molar-refractivity contribution in [2.75, 3.05) is 12.5 Å². The first-order valence-corrected chi connectivity index (χ1v) is 17.4. The van der Waals surface area contributed by atoms with Crippen LogP contribution in [0.3, 0.4) is 0 Å². The molecule has 0 N–H and O–H groups in total. The van der Waals surface area contributed by atoms with Crippen LogP contribution >= 0.6 is 23.5 Å². The number of aromatic nitrogens is 2. The van der Waals surface area contributed by atoms with Gasteiger partial charge in [0.1, 0.15) is 11.2 Å². The van der Waals surface area contributed by atoms with Gasteiger partial charge < -0.3 is 13.5 Å². The maximum Gasteiger partial charge on any atom is 0.333 e. The molecule has 44 heavy (non-hydrogen) atoms. The van der Waals surface area contributed by atoms with E-state index in [2.05, 4.69) is 125 Å². The van der Waals surface area contributed by atoms with Gasteiger partial charge in [-0.05, 0) is 59.8 Å². The second kappa shape index (κ2) is 8.14. The summed E-state index contributed by atoms with van der Waals surface area (Å²) in [7, 11) is 0. The standard InChI is InChI=1S/C38H23BN2OS2/c1-43-30-16-8-14-27-33(30)34-31(44-2)18-17-25-37(34)40(27)28-19-24-21-10-4-6-15-29(21)42-38(24)32-23-12-7-11-22-20-9-3-5-13-26(20)41(36(22)23)39(25)35(28)32/h3-19H,1-2H3. The fourth-order valence-electron chi connectivity index (χ4n) is 8.49. The number of hydrogen-bond acceptors (Lipinski definition) is 3. The van der Waals surface area contributed by atoms with Crippen molar-refractivity contribution in [3.63, 3.8) is 0 Å². The Kier molecular flexibility index (Phi) is 4.42. The lowest BCUT2D eigenvalue weighted by Gasteiger charge is -2.34. The quantitative estimate of drug-likeness (QED) is 0.146. The molecule has 11 rings (SSSR count). The molecule has 2 aliphatic heterocycles. The van der Waals surface area contributed by atoms with Crippen molar-refractivity contribution in [3.8, 4) is 16.8 Å². The number of benzene rings is 6. The SMILES string of the molecule is CSc1cccc2c1c1c(SC)ccc3c1n2-c1cc2c(oc4ccccc42)c2c1B3n1c3ccccc3c3cccc-2c31. The van der Waals surface area contributed by atoms with E-state index in [0.717, 1.165) is 16.6 Å².